The second-order valence-electron chi connectivity index (χ2n) is 7.21. The van der Waals surface area contributed by atoms with Crippen LogP contribution in [0, 0.1) is 17.3 Å². The molecule has 18 heavy (non-hydrogen) atoms. The number of aliphatic hydroxyl groups excluding tert-OH is 1. The average molecular weight is 254 g/mol. The summed E-state index contributed by atoms with van der Waals surface area (Å²) in [6.07, 6.45) is 5.45. The van der Waals surface area contributed by atoms with Gasteiger partial charge in [-0.15, -0.1) is 0 Å². The number of fused-ring (bicyclic) bond motifs is 1. The highest BCUT2D eigenvalue weighted by Crippen LogP contribution is 2.54. The topological polar surface area (TPSA) is 60.7 Å². The molecule has 0 heterocycles. The van der Waals surface area contributed by atoms with E-state index in [4.69, 9.17) is 0 Å². The lowest BCUT2D eigenvalue weighted by molar-refractivity contribution is -0.135. The van der Waals surface area contributed by atoms with Gasteiger partial charge in [0, 0.05) is 5.41 Å². The molecule has 0 aromatic rings. The zero-order valence-corrected chi connectivity index (χ0v) is 11.8. The Kier molecular flexibility index (Phi) is 3.16. The summed E-state index contributed by atoms with van der Waals surface area (Å²) in [6.45, 7) is 7.54. The molecule has 5 atom stereocenters. The predicted molar refractivity (Wildman–Crippen MR) is 71.0 cm³/mol. The summed E-state index contributed by atoms with van der Waals surface area (Å²) in [7, 11) is 0. The van der Waals surface area contributed by atoms with Gasteiger partial charge in [0.2, 0.25) is 0 Å². The van der Waals surface area contributed by atoms with Crippen molar-refractivity contribution in [3.05, 3.63) is 12.2 Å². The van der Waals surface area contributed by atoms with E-state index in [1.165, 1.54) is 0 Å². The van der Waals surface area contributed by atoms with E-state index < -0.39 is 17.3 Å². The van der Waals surface area contributed by atoms with Gasteiger partial charge in [-0.05, 0) is 51.9 Å². The third-order valence-electron chi connectivity index (χ3n) is 5.34. The highest BCUT2D eigenvalue weighted by Gasteiger charge is 2.54. The fourth-order valence-electron chi connectivity index (χ4n) is 3.85. The molecule has 1 fully saturated rings. The first-order valence-electron chi connectivity index (χ1n) is 6.89. The van der Waals surface area contributed by atoms with Crippen LogP contribution in [0.25, 0.3) is 0 Å². The summed E-state index contributed by atoms with van der Waals surface area (Å²) in [6, 6.07) is 0. The Labute approximate surface area is 110 Å². The molecule has 3 heteroatoms. The first-order valence-corrected chi connectivity index (χ1v) is 6.89. The Balaban J connectivity index is 2.31. The number of hydrogen-bond donors (Lipinski definition) is 3. The average Bonchev–Trinajstić information content (AvgIpc) is 2.23. The molecule has 1 saturated carbocycles. The molecule has 3 N–H and O–H groups in total. The van der Waals surface area contributed by atoms with E-state index in [2.05, 4.69) is 6.92 Å². The van der Waals surface area contributed by atoms with E-state index >= 15 is 0 Å². The quantitative estimate of drug-likeness (QED) is 0.626. The minimum atomic E-state index is -0.891. The lowest BCUT2D eigenvalue weighted by Crippen LogP contribution is -2.56. The predicted octanol–water partition coefficient (Wildman–Crippen LogP) is 1.86. The maximum Gasteiger partial charge on any atom is 0.0835 e. The van der Waals surface area contributed by atoms with Crippen LogP contribution in [0.2, 0.25) is 0 Å². The number of rotatable bonds is 1. The van der Waals surface area contributed by atoms with Crippen LogP contribution in [-0.2, 0) is 0 Å². The minimum Gasteiger partial charge on any atom is -0.390 e. The maximum atomic E-state index is 10.6. The van der Waals surface area contributed by atoms with Crippen molar-refractivity contribution in [2.45, 2.75) is 64.3 Å². The highest BCUT2D eigenvalue weighted by molar-refractivity contribution is 5.19. The van der Waals surface area contributed by atoms with Crippen molar-refractivity contribution in [3.8, 4) is 0 Å². The first kappa shape index (κ1) is 14.0. The van der Waals surface area contributed by atoms with E-state index in [1.807, 2.05) is 20.8 Å². The Hall–Kier alpha value is -0.380. The van der Waals surface area contributed by atoms with Gasteiger partial charge in [0.05, 0.1) is 17.3 Å². The van der Waals surface area contributed by atoms with Crippen LogP contribution >= 0.6 is 0 Å². The smallest absolute Gasteiger partial charge is 0.0835 e. The maximum absolute atomic E-state index is 10.6. The van der Waals surface area contributed by atoms with Gasteiger partial charge >= 0.3 is 0 Å². The summed E-state index contributed by atoms with van der Waals surface area (Å²) in [5.41, 5.74) is -1.89. The summed E-state index contributed by atoms with van der Waals surface area (Å²) in [5.74, 6) is 0.177. The molecule has 2 aliphatic rings. The fourth-order valence-corrected chi connectivity index (χ4v) is 3.85. The molecule has 0 spiro atoms. The van der Waals surface area contributed by atoms with Crippen LogP contribution < -0.4 is 0 Å². The molecule has 0 aliphatic heterocycles. The van der Waals surface area contributed by atoms with E-state index in [-0.39, 0.29) is 17.3 Å². The van der Waals surface area contributed by atoms with Gasteiger partial charge < -0.3 is 15.3 Å². The van der Waals surface area contributed by atoms with Crippen molar-refractivity contribution in [2.24, 2.45) is 17.3 Å². The van der Waals surface area contributed by atoms with Crippen LogP contribution in [-0.4, -0.2) is 32.6 Å². The molecule has 0 amide bonds. The molecule has 0 aromatic carbocycles. The number of hydrogen-bond acceptors (Lipinski definition) is 3. The third-order valence-corrected chi connectivity index (χ3v) is 5.34. The minimum absolute atomic E-state index is 0.00447. The van der Waals surface area contributed by atoms with E-state index in [1.54, 1.807) is 12.2 Å². The van der Waals surface area contributed by atoms with Gasteiger partial charge in [-0.2, -0.15) is 0 Å². The van der Waals surface area contributed by atoms with Gasteiger partial charge in [-0.25, -0.2) is 0 Å². The zero-order valence-electron chi connectivity index (χ0n) is 11.8. The van der Waals surface area contributed by atoms with Gasteiger partial charge in [-0.3, -0.25) is 0 Å². The molecule has 0 saturated heterocycles. The van der Waals surface area contributed by atoms with Crippen molar-refractivity contribution < 1.29 is 15.3 Å². The van der Waals surface area contributed by atoms with E-state index in [0.29, 0.717) is 0 Å². The Morgan fingerprint density at radius 3 is 2.44 bits per heavy atom. The molecular formula is C15H26O3. The van der Waals surface area contributed by atoms with Crippen molar-refractivity contribution in [2.75, 3.05) is 0 Å². The lowest BCUT2D eigenvalue weighted by atomic mass is 9.53. The first-order chi connectivity index (χ1) is 8.07. The van der Waals surface area contributed by atoms with Crippen LogP contribution in [0.5, 0.6) is 0 Å². The molecule has 104 valence electrons. The molecule has 2 aliphatic carbocycles. The summed E-state index contributed by atoms with van der Waals surface area (Å²) in [4.78, 5) is 0. The number of aliphatic hydroxyl groups is 3. The molecule has 0 aromatic heterocycles. The summed E-state index contributed by atoms with van der Waals surface area (Å²) < 4.78 is 0. The normalized spacial score (nSPS) is 48.9. The van der Waals surface area contributed by atoms with E-state index in [9.17, 15) is 15.3 Å². The Morgan fingerprint density at radius 1 is 1.28 bits per heavy atom. The van der Waals surface area contributed by atoms with Crippen molar-refractivity contribution >= 4 is 0 Å². The highest BCUT2D eigenvalue weighted by atomic mass is 16.3. The lowest BCUT2D eigenvalue weighted by Gasteiger charge is -2.55. The largest absolute Gasteiger partial charge is 0.390 e. The van der Waals surface area contributed by atoms with Crippen molar-refractivity contribution in [1.82, 2.24) is 0 Å². The molecule has 2 rings (SSSR count). The van der Waals surface area contributed by atoms with Gasteiger partial charge in [-0.1, -0.05) is 19.1 Å². The Morgan fingerprint density at radius 2 is 1.89 bits per heavy atom. The van der Waals surface area contributed by atoms with E-state index in [0.717, 1.165) is 19.3 Å². The second-order valence-corrected chi connectivity index (χ2v) is 7.21. The monoisotopic (exact) mass is 254 g/mol. The second kappa shape index (κ2) is 4.06. The zero-order chi connectivity index (χ0) is 13.8. The van der Waals surface area contributed by atoms with Crippen LogP contribution in [0.15, 0.2) is 12.2 Å². The molecule has 0 radical (unpaired) electrons. The van der Waals surface area contributed by atoms with Crippen molar-refractivity contribution in [3.63, 3.8) is 0 Å². The van der Waals surface area contributed by atoms with Crippen LogP contribution in [0.3, 0.4) is 0 Å². The standard InChI is InChI=1S/C15H26O3/c1-13(2,17)10-5-7-14(3)11(9-10)15(4,18)8-6-12(14)16/h6,8,10-12,16-18H,5,7,9H2,1-4H3/t10-,11-,12-,14-,15+/m0/s1. The molecule has 0 unspecified atom stereocenters. The fraction of sp³-hybridized carbons (Fsp3) is 0.867. The summed E-state index contributed by atoms with van der Waals surface area (Å²) >= 11 is 0. The molecule has 0 bridgehead atoms. The van der Waals surface area contributed by atoms with Gasteiger partial charge in [0.25, 0.3) is 0 Å². The van der Waals surface area contributed by atoms with Crippen molar-refractivity contribution in [1.29, 1.82) is 0 Å². The van der Waals surface area contributed by atoms with Crippen LogP contribution in [0.1, 0.15) is 47.0 Å². The third kappa shape index (κ3) is 2.13. The van der Waals surface area contributed by atoms with Gasteiger partial charge in [0.1, 0.15) is 0 Å². The Bertz CT molecular complexity index is 353. The van der Waals surface area contributed by atoms with Crippen LogP contribution in [0.4, 0.5) is 0 Å². The molecular weight excluding hydrogens is 228 g/mol. The summed E-state index contributed by atoms with van der Waals surface area (Å²) in [5, 5.41) is 31.0. The SMILES string of the molecule is CC(C)(O)[C@H]1CC[C@]2(C)[C@@H](O)C=C[C@@](C)(O)[C@H]2C1. The molecule has 3 nitrogen and oxygen atoms in total. The van der Waals surface area contributed by atoms with Gasteiger partial charge in [0.15, 0.2) is 0 Å².